The predicted octanol–water partition coefficient (Wildman–Crippen LogP) is 6.00. The fourth-order valence-electron chi connectivity index (χ4n) is 3.34. The van der Waals surface area contributed by atoms with Crippen LogP contribution in [-0.4, -0.2) is 52.2 Å². The highest BCUT2D eigenvalue weighted by Gasteiger charge is 2.21. The first-order valence-electron chi connectivity index (χ1n) is 11.0. The number of halogens is 2. The van der Waals surface area contributed by atoms with Crippen LogP contribution in [0.3, 0.4) is 0 Å². The Balaban J connectivity index is 1.38. The zero-order valence-corrected chi connectivity index (χ0v) is 23.4. The third-order valence-electron chi connectivity index (χ3n) is 5.01. The lowest BCUT2D eigenvalue weighted by molar-refractivity contribution is -0.145. The summed E-state index contributed by atoms with van der Waals surface area (Å²) in [5.41, 5.74) is 0.771. The van der Waals surface area contributed by atoms with Gasteiger partial charge in [0.2, 0.25) is 0 Å². The highest BCUT2D eigenvalue weighted by Crippen LogP contribution is 2.36. The molecular formula is C24H27Cl2NO5S3. The SMILES string of the molecule is CCOC(=O)COc1ccc(SCCNCCCS(=O)(=O)c2sc3ccc(Cl)cc3c2C)cc1Cl. The molecule has 0 fully saturated rings. The van der Waals surface area contributed by atoms with Crippen LogP contribution in [0.1, 0.15) is 18.9 Å². The van der Waals surface area contributed by atoms with Gasteiger partial charge in [0, 0.05) is 26.9 Å². The Bertz CT molecular complexity index is 1280. The summed E-state index contributed by atoms with van der Waals surface area (Å²) in [4.78, 5) is 12.4. The number of nitrogens with one attached hydrogen (secondary N) is 1. The Labute approximate surface area is 224 Å². The number of hydrogen-bond acceptors (Lipinski definition) is 8. The number of thiophene rings is 1. The maximum Gasteiger partial charge on any atom is 0.344 e. The smallest absolute Gasteiger partial charge is 0.344 e. The zero-order chi connectivity index (χ0) is 25.4. The fourth-order valence-corrected chi connectivity index (χ4v) is 7.89. The average Bonchev–Trinajstić information content (AvgIpc) is 3.14. The van der Waals surface area contributed by atoms with Gasteiger partial charge in [-0.3, -0.25) is 0 Å². The molecule has 3 rings (SSSR count). The van der Waals surface area contributed by atoms with Crippen LogP contribution in [-0.2, 0) is 19.4 Å². The van der Waals surface area contributed by atoms with Crippen molar-refractivity contribution in [1.82, 2.24) is 5.32 Å². The minimum absolute atomic E-state index is 0.0946. The Morgan fingerprint density at radius 3 is 2.69 bits per heavy atom. The molecule has 0 aliphatic rings. The molecule has 0 atom stereocenters. The van der Waals surface area contributed by atoms with Crippen LogP contribution in [0, 0.1) is 6.92 Å². The van der Waals surface area contributed by atoms with Crippen LogP contribution in [0.4, 0.5) is 0 Å². The molecule has 35 heavy (non-hydrogen) atoms. The van der Waals surface area contributed by atoms with Crippen molar-refractivity contribution in [3.05, 3.63) is 52.0 Å². The van der Waals surface area contributed by atoms with Crippen LogP contribution in [0.25, 0.3) is 10.1 Å². The summed E-state index contributed by atoms with van der Waals surface area (Å²) >= 11 is 15.2. The van der Waals surface area contributed by atoms with Gasteiger partial charge in [-0.2, -0.15) is 0 Å². The summed E-state index contributed by atoms with van der Waals surface area (Å²) in [6, 6.07) is 10.9. The van der Waals surface area contributed by atoms with Crippen molar-refractivity contribution >= 4 is 72.2 Å². The molecule has 6 nitrogen and oxygen atoms in total. The normalized spacial score (nSPS) is 11.7. The largest absolute Gasteiger partial charge is 0.480 e. The van der Waals surface area contributed by atoms with E-state index in [0.29, 0.717) is 39.6 Å². The van der Waals surface area contributed by atoms with Gasteiger partial charge in [-0.25, -0.2) is 13.2 Å². The van der Waals surface area contributed by atoms with Crippen molar-refractivity contribution in [2.45, 2.75) is 29.4 Å². The van der Waals surface area contributed by atoms with E-state index in [1.165, 1.54) is 11.3 Å². The van der Waals surface area contributed by atoms with Crippen LogP contribution >= 0.6 is 46.3 Å². The first kappa shape index (κ1) is 28.1. The van der Waals surface area contributed by atoms with Crippen LogP contribution < -0.4 is 10.1 Å². The van der Waals surface area contributed by atoms with E-state index >= 15 is 0 Å². The average molecular weight is 577 g/mol. The Kier molecular flexibility index (Phi) is 10.6. The molecule has 1 heterocycles. The molecule has 0 aliphatic carbocycles. The van der Waals surface area contributed by atoms with Gasteiger partial charge in [0.05, 0.1) is 17.4 Å². The fraction of sp³-hybridized carbons (Fsp3) is 0.375. The highest BCUT2D eigenvalue weighted by molar-refractivity contribution is 7.99. The number of sulfone groups is 1. The third-order valence-corrected chi connectivity index (χ3v) is 10.3. The minimum Gasteiger partial charge on any atom is -0.480 e. The van der Waals surface area contributed by atoms with E-state index in [9.17, 15) is 13.2 Å². The number of carbonyl (C=O) groups is 1. The summed E-state index contributed by atoms with van der Waals surface area (Å²) in [5.74, 6) is 0.879. The van der Waals surface area contributed by atoms with E-state index < -0.39 is 15.8 Å². The van der Waals surface area contributed by atoms with E-state index in [1.807, 2.05) is 25.1 Å². The first-order valence-corrected chi connectivity index (χ1v) is 15.2. The molecule has 3 aromatic rings. The van der Waals surface area contributed by atoms with Crippen molar-refractivity contribution in [3.8, 4) is 5.75 Å². The van der Waals surface area contributed by atoms with Crippen LogP contribution in [0.5, 0.6) is 5.75 Å². The van der Waals surface area contributed by atoms with Gasteiger partial charge < -0.3 is 14.8 Å². The summed E-state index contributed by atoms with van der Waals surface area (Å²) in [5, 5.41) is 5.22. The molecule has 0 saturated carbocycles. The van der Waals surface area contributed by atoms with Gasteiger partial charge in [0.25, 0.3) is 0 Å². The molecule has 11 heteroatoms. The van der Waals surface area contributed by atoms with Crippen molar-refractivity contribution < 1.29 is 22.7 Å². The second-order valence-corrected chi connectivity index (χ2v) is 13.0. The molecular weight excluding hydrogens is 549 g/mol. The van der Waals surface area contributed by atoms with Gasteiger partial charge in [-0.05, 0) is 74.2 Å². The first-order chi connectivity index (χ1) is 16.7. The van der Waals surface area contributed by atoms with E-state index in [0.717, 1.165) is 32.8 Å². The van der Waals surface area contributed by atoms with Gasteiger partial charge >= 0.3 is 5.97 Å². The minimum atomic E-state index is -3.35. The number of thioether (sulfide) groups is 1. The summed E-state index contributed by atoms with van der Waals surface area (Å²) in [6.07, 6.45) is 0.528. The molecule has 190 valence electrons. The maximum absolute atomic E-state index is 12.9. The van der Waals surface area contributed by atoms with Crippen LogP contribution in [0.15, 0.2) is 45.5 Å². The Hall–Kier alpha value is -1.49. The van der Waals surface area contributed by atoms with E-state index in [4.69, 9.17) is 32.7 Å². The summed E-state index contributed by atoms with van der Waals surface area (Å²) < 4.78 is 37.3. The molecule has 1 N–H and O–H groups in total. The molecule has 1 aromatic heterocycles. The van der Waals surface area contributed by atoms with Crippen molar-refractivity contribution in [2.75, 3.05) is 37.8 Å². The summed E-state index contributed by atoms with van der Waals surface area (Å²) in [6.45, 7) is 5.02. The predicted molar refractivity (Wildman–Crippen MR) is 145 cm³/mol. The molecule has 0 spiro atoms. The molecule has 0 bridgehead atoms. The van der Waals surface area contributed by atoms with Crippen LogP contribution in [0.2, 0.25) is 10.0 Å². The van der Waals surface area contributed by atoms with E-state index in [1.54, 1.807) is 36.9 Å². The number of fused-ring (bicyclic) bond motifs is 1. The topological polar surface area (TPSA) is 81.7 Å². The van der Waals surface area contributed by atoms with Gasteiger partial charge in [0.15, 0.2) is 16.4 Å². The number of esters is 1. The van der Waals surface area contributed by atoms with E-state index in [-0.39, 0.29) is 12.4 Å². The lowest BCUT2D eigenvalue weighted by Gasteiger charge is -2.09. The lowest BCUT2D eigenvalue weighted by Crippen LogP contribution is -2.21. The number of hydrogen-bond donors (Lipinski definition) is 1. The second-order valence-electron chi connectivity index (χ2n) is 7.61. The number of ether oxygens (including phenoxy) is 2. The molecule has 2 aromatic carbocycles. The number of rotatable bonds is 13. The molecule has 0 radical (unpaired) electrons. The second kappa shape index (κ2) is 13.2. The van der Waals surface area contributed by atoms with Gasteiger partial charge in [0.1, 0.15) is 9.96 Å². The van der Waals surface area contributed by atoms with Gasteiger partial charge in [-0.1, -0.05) is 23.2 Å². The third kappa shape index (κ3) is 8.00. The van der Waals surface area contributed by atoms with Crippen molar-refractivity contribution in [1.29, 1.82) is 0 Å². The zero-order valence-electron chi connectivity index (χ0n) is 19.4. The van der Waals surface area contributed by atoms with Gasteiger partial charge in [-0.15, -0.1) is 23.1 Å². The molecule has 0 saturated heterocycles. The standard InChI is InChI=1S/C24H27Cl2NO5S3/c1-3-31-23(28)15-32-21-7-6-18(14-20(21)26)33-11-10-27-9-4-12-35(29,30)24-16(2)19-13-17(25)5-8-22(19)34-24/h5-8,13-14,27H,3-4,9-12,15H2,1-2H3. The van der Waals surface area contributed by atoms with E-state index in [2.05, 4.69) is 5.32 Å². The van der Waals surface area contributed by atoms with Crippen molar-refractivity contribution in [2.24, 2.45) is 0 Å². The maximum atomic E-state index is 12.9. The lowest BCUT2D eigenvalue weighted by atomic mass is 10.2. The monoisotopic (exact) mass is 575 g/mol. The molecule has 0 aliphatic heterocycles. The number of aryl methyl sites for hydroxylation is 1. The number of benzene rings is 2. The highest BCUT2D eigenvalue weighted by atomic mass is 35.5. The quantitative estimate of drug-likeness (QED) is 0.152. The summed E-state index contributed by atoms with van der Waals surface area (Å²) in [7, 11) is -3.35. The Morgan fingerprint density at radius 1 is 1.14 bits per heavy atom. The molecule has 0 amide bonds. The number of carbonyl (C=O) groups excluding carboxylic acids is 1. The molecule has 0 unspecified atom stereocenters. The van der Waals surface area contributed by atoms with Crippen molar-refractivity contribution in [3.63, 3.8) is 0 Å². The Morgan fingerprint density at radius 2 is 1.94 bits per heavy atom.